The van der Waals surface area contributed by atoms with Crippen LogP contribution in [0.2, 0.25) is 0 Å². The van der Waals surface area contributed by atoms with E-state index >= 15 is 0 Å². The van der Waals surface area contributed by atoms with Gasteiger partial charge in [-0.25, -0.2) is 9.18 Å². The molecular formula is C31H34FN5O4. The highest BCUT2D eigenvalue weighted by molar-refractivity contribution is 5.99. The Kier molecular flexibility index (Phi) is 9.10. The lowest BCUT2D eigenvalue weighted by Crippen LogP contribution is -2.49. The molecule has 0 aromatic heterocycles. The molecule has 2 saturated heterocycles. The molecule has 2 heterocycles. The number of carbonyl (C=O) groups is 3. The second-order valence-corrected chi connectivity index (χ2v) is 10.1. The fourth-order valence-electron chi connectivity index (χ4n) is 5.10. The molecule has 0 bridgehead atoms. The molecule has 2 N–H and O–H groups in total. The zero-order valence-electron chi connectivity index (χ0n) is 22.9. The van der Waals surface area contributed by atoms with Crippen LogP contribution in [0.15, 0.2) is 72.8 Å². The van der Waals surface area contributed by atoms with Crippen LogP contribution in [0.3, 0.4) is 0 Å². The van der Waals surface area contributed by atoms with Gasteiger partial charge >= 0.3 is 6.09 Å². The zero-order chi connectivity index (χ0) is 28.6. The fraction of sp³-hybridized carbons (Fsp3) is 0.323. The number of hydrogen-bond acceptors (Lipinski definition) is 6. The minimum absolute atomic E-state index is 0.0912. The Balaban J connectivity index is 1.31. The molecule has 0 saturated carbocycles. The standard InChI is InChI=1S/C31H34FN5O4/c32-26-9-4-8-24(20-26)29(38)37-18-16-35(17-19-37)28-11-10-25(30(39)36-14-5-12-33-13-15-36)21-27(28)34-31(40)41-22-23-6-2-1-3-7-23/h1-4,6-11,20-21,33H,5,12-19,22H2,(H,34,40). The molecule has 2 aliphatic rings. The number of benzene rings is 3. The first-order chi connectivity index (χ1) is 20.0. The van der Waals surface area contributed by atoms with Crippen LogP contribution in [0.4, 0.5) is 20.6 Å². The molecule has 0 aliphatic carbocycles. The van der Waals surface area contributed by atoms with Gasteiger partial charge in [-0.3, -0.25) is 14.9 Å². The SMILES string of the molecule is O=C(Nc1cc(C(=O)N2CCCNCC2)ccc1N1CCN(C(=O)c2cccc(F)c2)CC1)OCc1ccccc1. The summed E-state index contributed by atoms with van der Waals surface area (Å²) in [7, 11) is 0. The Hall–Kier alpha value is -4.44. The second kappa shape index (κ2) is 13.3. The summed E-state index contributed by atoms with van der Waals surface area (Å²) in [5, 5.41) is 6.15. The zero-order valence-corrected chi connectivity index (χ0v) is 22.9. The molecule has 5 rings (SSSR count). The van der Waals surface area contributed by atoms with Gasteiger partial charge in [0.2, 0.25) is 0 Å². The monoisotopic (exact) mass is 559 g/mol. The van der Waals surface area contributed by atoms with Crippen LogP contribution in [0.1, 0.15) is 32.7 Å². The Morgan fingerprint density at radius 2 is 1.51 bits per heavy atom. The molecule has 2 fully saturated rings. The third kappa shape index (κ3) is 7.20. The maximum Gasteiger partial charge on any atom is 0.412 e. The van der Waals surface area contributed by atoms with Gasteiger partial charge in [0.25, 0.3) is 11.8 Å². The van der Waals surface area contributed by atoms with Crippen molar-refractivity contribution in [2.45, 2.75) is 13.0 Å². The summed E-state index contributed by atoms with van der Waals surface area (Å²) in [5.41, 5.74) is 2.85. The van der Waals surface area contributed by atoms with E-state index in [0.29, 0.717) is 56.1 Å². The van der Waals surface area contributed by atoms with Crippen molar-refractivity contribution in [3.63, 3.8) is 0 Å². The average Bonchev–Trinajstić information content (AvgIpc) is 3.30. The minimum atomic E-state index is -0.626. The van der Waals surface area contributed by atoms with Crippen molar-refractivity contribution in [1.29, 1.82) is 0 Å². The van der Waals surface area contributed by atoms with Crippen LogP contribution < -0.4 is 15.5 Å². The van der Waals surface area contributed by atoms with E-state index in [2.05, 4.69) is 15.5 Å². The van der Waals surface area contributed by atoms with E-state index in [0.717, 1.165) is 30.8 Å². The number of hydrogen-bond donors (Lipinski definition) is 2. The molecule has 10 heteroatoms. The minimum Gasteiger partial charge on any atom is -0.444 e. The van der Waals surface area contributed by atoms with Gasteiger partial charge in [-0.1, -0.05) is 36.4 Å². The van der Waals surface area contributed by atoms with E-state index in [1.807, 2.05) is 41.3 Å². The fourth-order valence-corrected chi connectivity index (χ4v) is 5.10. The summed E-state index contributed by atoms with van der Waals surface area (Å²) in [4.78, 5) is 44.7. The number of piperazine rings is 1. The Bertz CT molecular complexity index is 1370. The maximum absolute atomic E-state index is 13.7. The van der Waals surface area contributed by atoms with Gasteiger partial charge in [0, 0.05) is 56.9 Å². The summed E-state index contributed by atoms with van der Waals surface area (Å²) in [6, 6.07) is 20.4. The first-order valence-electron chi connectivity index (χ1n) is 13.9. The van der Waals surface area contributed by atoms with E-state index in [9.17, 15) is 18.8 Å². The third-order valence-corrected chi connectivity index (χ3v) is 7.30. The van der Waals surface area contributed by atoms with E-state index in [-0.39, 0.29) is 18.4 Å². The van der Waals surface area contributed by atoms with Gasteiger partial charge in [0.05, 0.1) is 11.4 Å². The van der Waals surface area contributed by atoms with Crippen LogP contribution in [-0.4, -0.2) is 80.1 Å². The molecule has 41 heavy (non-hydrogen) atoms. The van der Waals surface area contributed by atoms with Crippen LogP contribution in [0.25, 0.3) is 0 Å². The number of anilines is 2. The maximum atomic E-state index is 13.7. The van der Waals surface area contributed by atoms with Crippen molar-refractivity contribution >= 4 is 29.3 Å². The molecule has 0 unspecified atom stereocenters. The molecule has 3 aromatic carbocycles. The molecule has 0 spiro atoms. The predicted octanol–water partition coefficient (Wildman–Crippen LogP) is 3.97. The number of halogens is 1. The molecule has 0 atom stereocenters. The van der Waals surface area contributed by atoms with E-state index in [1.54, 1.807) is 23.1 Å². The van der Waals surface area contributed by atoms with Gasteiger partial charge < -0.3 is 24.8 Å². The Morgan fingerprint density at radius 1 is 0.780 bits per heavy atom. The third-order valence-electron chi connectivity index (χ3n) is 7.30. The van der Waals surface area contributed by atoms with Gasteiger partial charge in [0.1, 0.15) is 12.4 Å². The van der Waals surface area contributed by atoms with Crippen molar-refractivity contribution in [2.75, 3.05) is 62.6 Å². The largest absolute Gasteiger partial charge is 0.444 e. The molecule has 3 amide bonds. The topological polar surface area (TPSA) is 94.2 Å². The summed E-state index contributed by atoms with van der Waals surface area (Å²) in [6.45, 7) is 4.85. The highest BCUT2D eigenvalue weighted by Gasteiger charge is 2.26. The highest BCUT2D eigenvalue weighted by atomic mass is 19.1. The van der Waals surface area contributed by atoms with Gasteiger partial charge in [-0.2, -0.15) is 0 Å². The molecular weight excluding hydrogens is 525 g/mol. The van der Waals surface area contributed by atoms with Gasteiger partial charge in [-0.05, 0) is 54.9 Å². The molecule has 9 nitrogen and oxygen atoms in total. The van der Waals surface area contributed by atoms with Crippen LogP contribution in [-0.2, 0) is 11.3 Å². The summed E-state index contributed by atoms with van der Waals surface area (Å²) in [6.07, 6.45) is 0.248. The van der Waals surface area contributed by atoms with E-state index in [1.165, 1.54) is 18.2 Å². The molecule has 2 aliphatic heterocycles. The lowest BCUT2D eigenvalue weighted by molar-refractivity contribution is 0.0743. The van der Waals surface area contributed by atoms with E-state index in [4.69, 9.17) is 4.74 Å². The predicted molar refractivity (Wildman–Crippen MR) is 155 cm³/mol. The Labute approximate surface area is 238 Å². The van der Waals surface area contributed by atoms with Crippen molar-refractivity contribution in [3.8, 4) is 0 Å². The normalized spacial score (nSPS) is 15.7. The average molecular weight is 560 g/mol. The molecule has 3 aromatic rings. The quantitative estimate of drug-likeness (QED) is 0.475. The smallest absolute Gasteiger partial charge is 0.412 e. The van der Waals surface area contributed by atoms with Crippen molar-refractivity contribution < 1.29 is 23.5 Å². The first-order valence-corrected chi connectivity index (χ1v) is 13.9. The van der Waals surface area contributed by atoms with Gasteiger partial charge in [0.15, 0.2) is 0 Å². The lowest BCUT2D eigenvalue weighted by atomic mass is 10.1. The number of ether oxygens (including phenoxy) is 1. The van der Waals surface area contributed by atoms with Crippen LogP contribution in [0, 0.1) is 5.82 Å². The first kappa shape index (κ1) is 28.1. The second-order valence-electron chi connectivity index (χ2n) is 10.1. The number of amides is 3. The number of nitrogens with one attached hydrogen (secondary N) is 2. The molecule has 0 radical (unpaired) electrons. The number of rotatable bonds is 6. The summed E-state index contributed by atoms with van der Waals surface area (Å²) >= 11 is 0. The number of nitrogens with zero attached hydrogens (tertiary/aromatic N) is 3. The Morgan fingerprint density at radius 3 is 2.27 bits per heavy atom. The van der Waals surface area contributed by atoms with E-state index < -0.39 is 11.9 Å². The van der Waals surface area contributed by atoms with Crippen LogP contribution >= 0.6 is 0 Å². The van der Waals surface area contributed by atoms with Crippen LogP contribution in [0.5, 0.6) is 0 Å². The van der Waals surface area contributed by atoms with Crippen molar-refractivity contribution in [1.82, 2.24) is 15.1 Å². The highest BCUT2D eigenvalue weighted by Crippen LogP contribution is 2.30. The number of carbonyl (C=O) groups excluding carboxylic acids is 3. The van der Waals surface area contributed by atoms with Crippen molar-refractivity contribution in [3.05, 3.63) is 95.3 Å². The summed E-state index contributed by atoms with van der Waals surface area (Å²) < 4.78 is 19.1. The van der Waals surface area contributed by atoms with Crippen molar-refractivity contribution in [2.24, 2.45) is 0 Å². The lowest BCUT2D eigenvalue weighted by Gasteiger charge is -2.37. The van der Waals surface area contributed by atoms with Gasteiger partial charge in [-0.15, -0.1) is 0 Å². The summed E-state index contributed by atoms with van der Waals surface area (Å²) in [5.74, 6) is -0.762. The molecule has 214 valence electrons.